The highest BCUT2D eigenvalue weighted by molar-refractivity contribution is 6.42. The van der Waals surface area contributed by atoms with Crippen molar-refractivity contribution in [2.24, 2.45) is 0 Å². The first-order valence-corrected chi connectivity index (χ1v) is 9.10. The Morgan fingerprint density at radius 2 is 1.82 bits per heavy atom. The smallest absolute Gasteiger partial charge is 0.328 e. The van der Waals surface area contributed by atoms with E-state index in [1.54, 1.807) is 6.07 Å². The van der Waals surface area contributed by atoms with Crippen LogP contribution in [0.4, 0.5) is 0 Å². The number of rotatable bonds is 5. The lowest BCUT2D eigenvalue weighted by atomic mass is 9.90. The van der Waals surface area contributed by atoms with Crippen LogP contribution in [0.5, 0.6) is 0 Å². The van der Waals surface area contributed by atoms with Crippen LogP contribution in [0.1, 0.15) is 18.9 Å². The summed E-state index contributed by atoms with van der Waals surface area (Å²) in [6.45, 7) is 4.11. The average Bonchev–Trinajstić information content (AvgIpc) is 2.88. The molecule has 0 radical (unpaired) electrons. The van der Waals surface area contributed by atoms with Crippen LogP contribution in [-0.2, 0) is 24.7 Å². The molecule has 0 spiro atoms. The zero-order valence-electron chi connectivity index (χ0n) is 15.2. The molecule has 2 rings (SSSR count). The Morgan fingerprint density at radius 3 is 2.36 bits per heavy atom. The van der Waals surface area contributed by atoms with Crippen LogP contribution in [0.3, 0.4) is 0 Å². The molecular formula is C18H22Cl2N2O6. The van der Waals surface area contributed by atoms with E-state index in [-0.39, 0.29) is 5.91 Å². The summed E-state index contributed by atoms with van der Waals surface area (Å²) in [7, 11) is 0. The maximum Gasteiger partial charge on any atom is 0.328 e. The van der Waals surface area contributed by atoms with E-state index in [1.165, 1.54) is 6.92 Å². The first kappa shape index (κ1) is 23.9. The van der Waals surface area contributed by atoms with Crippen molar-refractivity contribution >= 4 is 41.0 Å². The Kier molecular flexibility index (Phi) is 9.95. The van der Waals surface area contributed by atoms with E-state index in [0.717, 1.165) is 25.1 Å². The molecule has 0 saturated carbocycles. The number of carboxylic acid groups (broad SMARTS) is 2. The average molecular weight is 433 g/mol. The molecule has 4 N–H and O–H groups in total. The van der Waals surface area contributed by atoms with Crippen molar-refractivity contribution in [2.75, 3.05) is 26.2 Å². The number of hydrogen-bond acceptors (Lipinski definition) is 5. The zero-order chi connectivity index (χ0) is 21.2. The molecule has 1 aliphatic rings. The minimum Gasteiger partial charge on any atom is -0.478 e. The van der Waals surface area contributed by atoms with E-state index < -0.39 is 17.5 Å². The van der Waals surface area contributed by atoms with Gasteiger partial charge in [-0.25, -0.2) is 9.59 Å². The van der Waals surface area contributed by atoms with Crippen molar-refractivity contribution in [3.63, 3.8) is 0 Å². The highest BCUT2D eigenvalue weighted by Crippen LogP contribution is 2.34. The number of carbonyl (C=O) groups is 3. The first-order chi connectivity index (χ1) is 13.2. The summed E-state index contributed by atoms with van der Waals surface area (Å²) in [5.74, 6) is -2.59. The fraction of sp³-hybridized carbons (Fsp3) is 0.389. The second-order valence-corrected chi connectivity index (χ2v) is 6.71. The Morgan fingerprint density at radius 1 is 1.18 bits per heavy atom. The first-order valence-electron chi connectivity index (χ1n) is 8.35. The van der Waals surface area contributed by atoms with E-state index in [9.17, 15) is 14.4 Å². The number of carboxylic acids is 2. The third-order valence-corrected chi connectivity index (χ3v) is 4.54. The van der Waals surface area contributed by atoms with Gasteiger partial charge in [0, 0.05) is 25.6 Å². The van der Waals surface area contributed by atoms with Gasteiger partial charge in [0.15, 0.2) is 0 Å². The fourth-order valence-corrected chi connectivity index (χ4v) is 2.76. The molecule has 154 valence electrons. The van der Waals surface area contributed by atoms with Gasteiger partial charge in [-0.05, 0) is 30.7 Å². The van der Waals surface area contributed by atoms with Crippen LogP contribution < -0.4 is 10.6 Å². The number of halogens is 2. The highest BCUT2D eigenvalue weighted by atomic mass is 35.5. The molecule has 1 fully saturated rings. The van der Waals surface area contributed by atoms with Gasteiger partial charge in [0.25, 0.3) is 0 Å². The van der Waals surface area contributed by atoms with E-state index in [0.29, 0.717) is 35.3 Å². The highest BCUT2D eigenvalue weighted by Gasteiger charge is 2.34. The van der Waals surface area contributed by atoms with Crippen LogP contribution in [-0.4, -0.2) is 54.3 Å². The van der Waals surface area contributed by atoms with E-state index in [1.807, 2.05) is 12.1 Å². The van der Waals surface area contributed by atoms with Gasteiger partial charge in [-0.3, -0.25) is 4.79 Å². The van der Waals surface area contributed by atoms with Crippen LogP contribution >= 0.6 is 23.2 Å². The van der Waals surface area contributed by atoms with E-state index in [2.05, 4.69) is 10.6 Å². The SMILES string of the molecule is CC(=O)NC[C@@]1(c2ccc(Cl)c(Cl)c2)CCNCCO1.O=C(O)/C=C/C(=O)O. The minimum absolute atomic E-state index is 0.0785. The quantitative estimate of drug-likeness (QED) is 0.524. The lowest BCUT2D eigenvalue weighted by molar-refractivity contribution is -0.134. The second kappa shape index (κ2) is 11.7. The number of ether oxygens (including phenoxy) is 1. The van der Waals surface area contributed by atoms with Crippen LogP contribution in [0.15, 0.2) is 30.4 Å². The monoisotopic (exact) mass is 432 g/mol. The number of nitrogens with one attached hydrogen (secondary N) is 2. The van der Waals surface area contributed by atoms with Crippen molar-refractivity contribution < 1.29 is 29.3 Å². The van der Waals surface area contributed by atoms with Gasteiger partial charge in [0.1, 0.15) is 5.60 Å². The standard InChI is InChI=1S/C14H18Cl2N2O2.C4H4O4/c1-10(19)18-9-14(4-5-17-6-7-20-14)11-2-3-12(15)13(16)8-11;5-3(6)1-2-4(7)8/h2-3,8,17H,4-7,9H2,1H3,(H,18,19);1-2H,(H,5,6)(H,7,8)/b;2-1+/t14-;/m1./s1. The molecule has 28 heavy (non-hydrogen) atoms. The summed E-state index contributed by atoms with van der Waals surface area (Å²) < 4.78 is 6.04. The van der Waals surface area contributed by atoms with Crippen molar-refractivity contribution in [3.8, 4) is 0 Å². The van der Waals surface area contributed by atoms with E-state index >= 15 is 0 Å². The zero-order valence-corrected chi connectivity index (χ0v) is 16.7. The summed E-state index contributed by atoms with van der Waals surface area (Å²) in [5.41, 5.74) is 0.369. The molecule has 1 aromatic carbocycles. The Labute approximate surface area is 172 Å². The lowest BCUT2D eigenvalue weighted by Crippen LogP contribution is -2.42. The largest absolute Gasteiger partial charge is 0.478 e. The summed E-state index contributed by atoms with van der Waals surface area (Å²) in [6.07, 6.45) is 1.87. The second-order valence-electron chi connectivity index (χ2n) is 5.89. The van der Waals surface area contributed by atoms with Gasteiger partial charge >= 0.3 is 11.9 Å². The third-order valence-electron chi connectivity index (χ3n) is 3.80. The molecule has 1 atom stereocenters. The molecule has 1 heterocycles. The maximum atomic E-state index is 11.2. The molecule has 0 unspecified atom stereocenters. The molecule has 0 aliphatic carbocycles. The summed E-state index contributed by atoms with van der Waals surface area (Å²) in [5, 5.41) is 22.8. The van der Waals surface area contributed by atoms with Crippen molar-refractivity contribution in [1.29, 1.82) is 0 Å². The van der Waals surface area contributed by atoms with E-state index in [4.69, 9.17) is 38.2 Å². The van der Waals surface area contributed by atoms with Gasteiger partial charge in [-0.15, -0.1) is 0 Å². The predicted octanol–water partition coefficient (Wildman–Crippen LogP) is 2.05. The minimum atomic E-state index is -1.26. The molecule has 0 bridgehead atoms. The fourth-order valence-electron chi connectivity index (χ4n) is 2.46. The Bertz CT molecular complexity index is 715. The van der Waals surface area contributed by atoms with Crippen molar-refractivity contribution in [2.45, 2.75) is 18.9 Å². The van der Waals surface area contributed by atoms with Crippen LogP contribution in [0.25, 0.3) is 0 Å². The van der Waals surface area contributed by atoms with Gasteiger partial charge < -0.3 is 25.6 Å². The number of hydrogen-bond donors (Lipinski definition) is 4. The van der Waals surface area contributed by atoms with Gasteiger partial charge in [0.2, 0.25) is 5.91 Å². The normalized spacial score (nSPS) is 19.2. The predicted molar refractivity (Wildman–Crippen MR) is 105 cm³/mol. The number of amides is 1. The number of benzene rings is 1. The topological polar surface area (TPSA) is 125 Å². The third kappa shape index (κ3) is 8.26. The Hall–Kier alpha value is -2.13. The summed E-state index contributed by atoms with van der Waals surface area (Å²) >= 11 is 12.1. The molecule has 1 aromatic rings. The molecule has 1 saturated heterocycles. The van der Waals surface area contributed by atoms with Gasteiger partial charge in [-0.1, -0.05) is 29.3 Å². The van der Waals surface area contributed by atoms with Gasteiger partial charge in [-0.2, -0.15) is 0 Å². The van der Waals surface area contributed by atoms with Crippen molar-refractivity contribution in [3.05, 3.63) is 46.0 Å². The molecule has 0 aromatic heterocycles. The maximum absolute atomic E-state index is 11.2. The number of carbonyl (C=O) groups excluding carboxylic acids is 1. The summed E-state index contributed by atoms with van der Waals surface area (Å²) in [6, 6.07) is 5.48. The van der Waals surface area contributed by atoms with Crippen molar-refractivity contribution in [1.82, 2.24) is 10.6 Å². The van der Waals surface area contributed by atoms with Crippen LogP contribution in [0.2, 0.25) is 10.0 Å². The summed E-state index contributed by atoms with van der Waals surface area (Å²) in [4.78, 5) is 30.3. The molecule has 10 heteroatoms. The molecule has 1 aliphatic heterocycles. The lowest BCUT2D eigenvalue weighted by Gasteiger charge is -2.33. The molecule has 8 nitrogen and oxygen atoms in total. The van der Waals surface area contributed by atoms with Gasteiger partial charge in [0.05, 0.1) is 23.2 Å². The Balaban J connectivity index is 0.000000416. The molecule has 1 amide bonds. The van der Waals surface area contributed by atoms with Crippen LogP contribution in [0, 0.1) is 0 Å². The number of aliphatic carboxylic acids is 2. The molecular weight excluding hydrogens is 411 g/mol.